The van der Waals surface area contributed by atoms with Crippen molar-refractivity contribution in [3.8, 4) is 22.3 Å². The number of hydrogen-bond donors (Lipinski definition) is 0. The van der Waals surface area contributed by atoms with E-state index >= 15 is 0 Å². The second-order valence-electron chi connectivity index (χ2n) is 13.3. The van der Waals surface area contributed by atoms with E-state index in [9.17, 15) is 0 Å². The molecule has 4 heteroatoms. The van der Waals surface area contributed by atoms with E-state index < -0.39 is 0 Å². The van der Waals surface area contributed by atoms with Crippen LogP contribution < -0.4 is 4.90 Å². The normalized spacial score (nSPS) is 11.8. The fourth-order valence-corrected chi connectivity index (χ4v) is 9.98. The van der Waals surface area contributed by atoms with Crippen LogP contribution in [-0.2, 0) is 0 Å². The molecule has 0 amide bonds. The zero-order valence-corrected chi connectivity index (χ0v) is 29.5. The van der Waals surface area contributed by atoms with Gasteiger partial charge in [0.25, 0.3) is 0 Å². The van der Waals surface area contributed by atoms with Crippen LogP contribution in [0.1, 0.15) is 0 Å². The molecule has 0 aliphatic rings. The number of hydrogen-bond acceptors (Lipinski definition) is 4. The Hall–Kier alpha value is -6.20. The SMILES string of the molecule is c1cc(-c2ccc3sc4ccccc4c3c2)cc(N(c2ccc(-c3ccc4sc5ccccc5c4c3)cc2)c2cccc3oc4ccccc4c23)c1. The van der Waals surface area contributed by atoms with Gasteiger partial charge in [-0.1, -0.05) is 97.1 Å². The zero-order valence-electron chi connectivity index (χ0n) is 27.9. The van der Waals surface area contributed by atoms with Gasteiger partial charge in [-0.15, -0.1) is 22.7 Å². The summed E-state index contributed by atoms with van der Waals surface area (Å²) >= 11 is 3.71. The van der Waals surface area contributed by atoms with Crippen LogP contribution in [0.2, 0.25) is 0 Å². The highest BCUT2D eigenvalue weighted by molar-refractivity contribution is 7.26. The van der Waals surface area contributed by atoms with Gasteiger partial charge >= 0.3 is 0 Å². The third-order valence-electron chi connectivity index (χ3n) is 10.3. The third kappa shape index (κ3) is 4.69. The molecule has 52 heavy (non-hydrogen) atoms. The number of benzene rings is 8. The molecule has 0 atom stereocenters. The van der Waals surface area contributed by atoms with E-state index in [0.29, 0.717) is 0 Å². The molecular weight excluding hydrogens is 671 g/mol. The summed E-state index contributed by atoms with van der Waals surface area (Å²) in [6.07, 6.45) is 0. The summed E-state index contributed by atoms with van der Waals surface area (Å²) in [5.41, 5.74) is 9.81. The van der Waals surface area contributed by atoms with E-state index in [-0.39, 0.29) is 0 Å². The van der Waals surface area contributed by atoms with Gasteiger partial charge in [-0.05, 0) is 101 Å². The van der Waals surface area contributed by atoms with Gasteiger partial charge in [0, 0.05) is 57.1 Å². The summed E-state index contributed by atoms with van der Waals surface area (Å²) in [6.45, 7) is 0. The fourth-order valence-electron chi connectivity index (χ4n) is 7.81. The van der Waals surface area contributed by atoms with E-state index in [0.717, 1.165) is 39.0 Å². The first-order valence-corrected chi connectivity index (χ1v) is 19.1. The second kappa shape index (κ2) is 11.7. The molecule has 11 aromatic rings. The quantitative estimate of drug-likeness (QED) is 0.178. The van der Waals surface area contributed by atoms with Crippen molar-refractivity contribution >= 4 is 102 Å². The molecule has 0 aliphatic carbocycles. The minimum absolute atomic E-state index is 0.877. The van der Waals surface area contributed by atoms with Crippen molar-refractivity contribution in [2.45, 2.75) is 0 Å². The van der Waals surface area contributed by atoms with Gasteiger partial charge in [0.05, 0.1) is 11.1 Å². The smallest absolute Gasteiger partial charge is 0.137 e. The first-order valence-electron chi connectivity index (χ1n) is 17.5. The number of thiophene rings is 2. The number of para-hydroxylation sites is 1. The van der Waals surface area contributed by atoms with Gasteiger partial charge in [0.1, 0.15) is 11.2 Å². The summed E-state index contributed by atoms with van der Waals surface area (Å²) in [5.74, 6) is 0. The predicted octanol–water partition coefficient (Wildman–Crippen LogP) is 15.1. The summed E-state index contributed by atoms with van der Waals surface area (Å²) < 4.78 is 11.7. The van der Waals surface area contributed by atoms with Crippen molar-refractivity contribution in [1.82, 2.24) is 0 Å². The highest BCUT2D eigenvalue weighted by atomic mass is 32.1. The van der Waals surface area contributed by atoms with Crippen molar-refractivity contribution in [1.29, 1.82) is 0 Å². The Kier molecular flexibility index (Phi) is 6.63. The monoisotopic (exact) mass is 699 g/mol. The molecule has 244 valence electrons. The Morgan fingerprint density at radius 2 is 0.885 bits per heavy atom. The molecule has 0 N–H and O–H groups in total. The number of rotatable bonds is 5. The molecule has 0 radical (unpaired) electrons. The third-order valence-corrected chi connectivity index (χ3v) is 12.6. The van der Waals surface area contributed by atoms with Crippen molar-refractivity contribution in [3.63, 3.8) is 0 Å². The Balaban J connectivity index is 1.07. The Morgan fingerprint density at radius 1 is 0.346 bits per heavy atom. The maximum absolute atomic E-state index is 6.39. The van der Waals surface area contributed by atoms with Crippen LogP contribution in [0, 0.1) is 0 Å². The molecule has 0 saturated carbocycles. The van der Waals surface area contributed by atoms with E-state index in [1.54, 1.807) is 0 Å². The van der Waals surface area contributed by atoms with Crippen LogP contribution in [0.4, 0.5) is 17.1 Å². The molecule has 3 aromatic heterocycles. The van der Waals surface area contributed by atoms with Crippen molar-refractivity contribution in [3.05, 3.63) is 176 Å². The molecule has 3 heterocycles. The van der Waals surface area contributed by atoms with Crippen LogP contribution in [0.3, 0.4) is 0 Å². The minimum atomic E-state index is 0.877. The van der Waals surface area contributed by atoms with Gasteiger partial charge < -0.3 is 9.32 Å². The maximum Gasteiger partial charge on any atom is 0.137 e. The molecule has 0 aliphatic heterocycles. The van der Waals surface area contributed by atoms with Crippen molar-refractivity contribution in [2.75, 3.05) is 4.90 Å². The number of fused-ring (bicyclic) bond motifs is 9. The lowest BCUT2D eigenvalue weighted by atomic mass is 10.0. The molecular formula is C48H29NOS2. The van der Waals surface area contributed by atoms with E-state index in [2.05, 4.69) is 175 Å². The topological polar surface area (TPSA) is 16.4 Å². The van der Waals surface area contributed by atoms with Gasteiger partial charge in [0.15, 0.2) is 0 Å². The summed E-state index contributed by atoms with van der Waals surface area (Å²) in [5, 5.41) is 7.46. The van der Waals surface area contributed by atoms with Crippen LogP contribution in [-0.4, -0.2) is 0 Å². The fraction of sp³-hybridized carbons (Fsp3) is 0. The van der Waals surface area contributed by atoms with E-state index in [1.807, 2.05) is 28.7 Å². The highest BCUT2D eigenvalue weighted by Crippen LogP contribution is 2.45. The second-order valence-corrected chi connectivity index (χ2v) is 15.5. The standard InChI is InChI=1S/C48H29NOS2/c1-4-15-42-38(13-1)48-41(14-8-16-43(48)50-42)49(34-23-19-30(20-24-34)32-21-25-46-39(28-32)36-11-2-5-17-44(36)51-46)35-10-7-9-31(27-35)33-22-26-47-40(29-33)37-12-3-6-18-45(37)52-47/h1-29H. The Labute approximate surface area is 308 Å². The number of anilines is 3. The average Bonchev–Trinajstić information content (AvgIpc) is 3.89. The molecule has 0 saturated heterocycles. The van der Waals surface area contributed by atoms with Crippen LogP contribution in [0.15, 0.2) is 180 Å². The lowest BCUT2D eigenvalue weighted by molar-refractivity contribution is 0.669. The van der Waals surface area contributed by atoms with Crippen LogP contribution >= 0.6 is 22.7 Å². The highest BCUT2D eigenvalue weighted by Gasteiger charge is 2.20. The predicted molar refractivity (Wildman–Crippen MR) is 225 cm³/mol. The summed E-state index contributed by atoms with van der Waals surface area (Å²) in [4.78, 5) is 2.38. The van der Waals surface area contributed by atoms with Gasteiger partial charge in [-0.2, -0.15) is 0 Å². The van der Waals surface area contributed by atoms with Gasteiger partial charge in [-0.3, -0.25) is 0 Å². The van der Waals surface area contributed by atoms with Crippen molar-refractivity contribution in [2.24, 2.45) is 0 Å². The van der Waals surface area contributed by atoms with Crippen LogP contribution in [0.5, 0.6) is 0 Å². The molecule has 0 spiro atoms. The maximum atomic E-state index is 6.39. The molecule has 0 bridgehead atoms. The first kappa shape index (κ1) is 29.5. The van der Waals surface area contributed by atoms with Gasteiger partial charge in [-0.25, -0.2) is 0 Å². The molecule has 2 nitrogen and oxygen atoms in total. The zero-order chi connectivity index (χ0) is 34.2. The number of nitrogens with zero attached hydrogens (tertiary/aromatic N) is 1. The number of furan rings is 1. The summed E-state index contributed by atoms with van der Waals surface area (Å²) in [6, 6.07) is 63.8. The van der Waals surface area contributed by atoms with E-state index in [1.165, 1.54) is 62.6 Å². The largest absolute Gasteiger partial charge is 0.456 e. The molecule has 8 aromatic carbocycles. The molecule has 0 fully saturated rings. The van der Waals surface area contributed by atoms with Crippen LogP contribution in [0.25, 0.3) is 84.5 Å². The Bertz CT molecular complexity index is 3150. The molecule has 0 unspecified atom stereocenters. The minimum Gasteiger partial charge on any atom is -0.456 e. The first-order chi connectivity index (χ1) is 25.7. The lowest BCUT2D eigenvalue weighted by Crippen LogP contribution is -2.10. The Morgan fingerprint density at radius 3 is 1.60 bits per heavy atom. The lowest BCUT2D eigenvalue weighted by Gasteiger charge is -2.27. The van der Waals surface area contributed by atoms with E-state index in [4.69, 9.17) is 4.42 Å². The van der Waals surface area contributed by atoms with Crippen molar-refractivity contribution < 1.29 is 4.42 Å². The summed E-state index contributed by atoms with van der Waals surface area (Å²) in [7, 11) is 0. The average molecular weight is 700 g/mol. The van der Waals surface area contributed by atoms with Gasteiger partial charge in [0.2, 0.25) is 0 Å². The molecule has 11 rings (SSSR count).